The molecule has 0 bridgehead atoms. The molecule has 0 aromatic carbocycles. The normalized spacial score (nSPS) is 43.0. The Labute approximate surface area is 42.5 Å². The lowest BCUT2D eigenvalue weighted by Gasteiger charge is -1.82. The zero-order valence-corrected chi connectivity index (χ0v) is 4.88. The van der Waals surface area contributed by atoms with Gasteiger partial charge in [0.15, 0.2) is 0 Å². The van der Waals surface area contributed by atoms with Crippen molar-refractivity contribution in [2.45, 2.75) is 17.5 Å². The van der Waals surface area contributed by atoms with Crippen LogP contribution in [0.25, 0.3) is 0 Å². The molecular formula is C4H9NS. The second kappa shape index (κ2) is 1.43. The smallest absolute Gasteiger partial charge is 0.0651 e. The summed E-state index contributed by atoms with van der Waals surface area (Å²) in [6, 6.07) is 0. The summed E-state index contributed by atoms with van der Waals surface area (Å²) in [7, 11) is 2.00. The van der Waals surface area contributed by atoms with Crippen molar-refractivity contribution >= 4 is 11.8 Å². The minimum absolute atomic E-state index is 0.769. The molecule has 1 heterocycles. The highest BCUT2D eigenvalue weighted by atomic mass is 32.2. The predicted molar refractivity (Wildman–Crippen MR) is 29.9 cm³/mol. The van der Waals surface area contributed by atoms with Crippen LogP contribution < -0.4 is 5.32 Å². The van der Waals surface area contributed by atoms with E-state index >= 15 is 0 Å². The van der Waals surface area contributed by atoms with Crippen LogP contribution in [-0.2, 0) is 0 Å². The molecule has 1 aliphatic heterocycles. The summed E-state index contributed by atoms with van der Waals surface area (Å²) < 4.78 is 0. The molecule has 1 fully saturated rings. The minimum Gasteiger partial charge on any atom is -0.308 e. The first-order valence-corrected chi connectivity index (χ1v) is 3.11. The zero-order chi connectivity index (χ0) is 4.57. The Morgan fingerprint density at radius 1 is 1.67 bits per heavy atom. The quantitative estimate of drug-likeness (QED) is 0.489. The first kappa shape index (κ1) is 4.47. The van der Waals surface area contributed by atoms with E-state index in [0.29, 0.717) is 0 Å². The van der Waals surface area contributed by atoms with Gasteiger partial charge in [0.1, 0.15) is 0 Å². The third kappa shape index (κ3) is 0.684. The van der Waals surface area contributed by atoms with Crippen LogP contribution in [0.4, 0.5) is 0 Å². The summed E-state index contributed by atoms with van der Waals surface area (Å²) in [6.45, 7) is 2.23. The summed E-state index contributed by atoms with van der Waals surface area (Å²) in [5.41, 5.74) is 0. The van der Waals surface area contributed by atoms with Crippen LogP contribution in [0.3, 0.4) is 0 Å². The van der Waals surface area contributed by atoms with Gasteiger partial charge in [0.25, 0.3) is 0 Å². The molecule has 2 atom stereocenters. The van der Waals surface area contributed by atoms with E-state index in [-0.39, 0.29) is 0 Å². The van der Waals surface area contributed by atoms with Crippen LogP contribution in [0.15, 0.2) is 0 Å². The minimum atomic E-state index is 0.769. The van der Waals surface area contributed by atoms with Gasteiger partial charge >= 0.3 is 0 Å². The van der Waals surface area contributed by atoms with Crippen molar-refractivity contribution in [3.8, 4) is 0 Å². The van der Waals surface area contributed by atoms with Crippen molar-refractivity contribution in [1.82, 2.24) is 5.32 Å². The topological polar surface area (TPSA) is 12.0 Å². The van der Waals surface area contributed by atoms with Gasteiger partial charge < -0.3 is 5.32 Å². The van der Waals surface area contributed by atoms with Crippen LogP contribution in [-0.4, -0.2) is 17.7 Å². The van der Waals surface area contributed by atoms with Crippen molar-refractivity contribution in [3.05, 3.63) is 0 Å². The second-order valence-corrected chi connectivity index (χ2v) is 3.07. The molecule has 1 nitrogen and oxygen atoms in total. The SMILES string of the molecule is CNC1SC1C. The lowest BCUT2D eigenvalue weighted by molar-refractivity contribution is 0.805. The molecule has 0 radical (unpaired) electrons. The van der Waals surface area contributed by atoms with Gasteiger partial charge in [-0.1, -0.05) is 6.92 Å². The molecule has 1 aliphatic rings. The molecule has 0 aromatic heterocycles. The van der Waals surface area contributed by atoms with E-state index in [1.807, 2.05) is 18.8 Å². The van der Waals surface area contributed by atoms with Gasteiger partial charge in [-0.2, -0.15) is 0 Å². The summed E-state index contributed by atoms with van der Waals surface area (Å²) >= 11 is 1.98. The maximum absolute atomic E-state index is 3.15. The Balaban J connectivity index is 2.09. The molecule has 2 heteroatoms. The molecule has 0 spiro atoms. The number of hydrogen-bond acceptors (Lipinski definition) is 2. The Hall–Kier alpha value is 0.310. The highest BCUT2D eigenvalue weighted by molar-refractivity contribution is 8.07. The van der Waals surface area contributed by atoms with Gasteiger partial charge in [-0.3, -0.25) is 0 Å². The Morgan fingerprint density at radius 3 is 2.17 bits per heavy atom. The van der Waals surface area contributed by atoms with E-state index in [4.69, 9.17) is 0 Å². The van der Waals surface area contributed by atoms with Gasteiger partial charge in [0.2, 0.25) is 0 Å². The molecule has 0 aromatic rings. The molecule has 6 heavy (non-hydrogen) atoms. The summed E-state index contributed by atoms with van der Waals surface area (Å²) in [6.07, 6.45) is 0. The molecule has 0 aliphatic carbocycles. The highest BCUT2D eigenvalue weighted by Gasteiger charge is 2.31. The van der Waals surface area contributed by atoms with E-state index in [9.17, 15) is 0 Å². The van der Waals surface area contributed by atoms with E-state index in [2.05, 4.69) is 12.2 Å². The summed E-state index contributed by atoms with van der Waals surface area (Å²) in [5, 5.41) is 4.79. The molecular weight excluding hydrogens is 94.1 g/mol. The first-order valence-electron chi connectivity index (χ1n) is 2.17. The average Bonchev–Trinajstić information content (AvgIpc) is 2.19. The molecule has 1 rings (SSSR count). The largest absolute Gasteiger partial charge is 0.308 e. The fourth-order valence-electron chi connectivity index (χ4n) is 0.489. The molecule has 2 unspecified atom stereocenters. The monoisotopic (exact) mass is 103 g/mol. The lowest BCUT2D eigenvalue weighted by atomic mass is 10.5. The predicted octanol–water partition coefficient (Wildman–Crippen LogP) is 0.667. The van der Waals surface area contributed by atoms with Crippen molar-refractivity contribution in [3.63, 3.8) is 0 Å². The standard InChI is InChI=1S/C4H9NS/c1-3-4(5-2)6-3/h3-5H,1-2H3. The summed E-state index contributed by atoms with van der Waals surface area (Å²) in [4.78, 5) is 0. The number of nitrogens with one attached hydrogen (secondary N) is 1. The van der Waals surface area contributed by atoms with Crippen LogP contribution >= 0.6 is 11.8 Å². The van der Waals surface area contributed by atoms with Gasteiger partial charge in [-0.15, -0.1) is 11.8 Å². The molecule has 1 saturated heterocycles. The number of thioether (sulfide) groups is 1. The van der Waals surface area contributed by atoms with Gasteiger partial charge in [-0.05, 0) is 7.05 Å². The van der Waals surface area contributed by atoms with Crippen molar-refractivity contribution in [2.24, 2.45) is 0 Å². The fourth-order valence-corrected chi connectivity index (χ4v) is 1.13. The molecule has 0 amide bonds. The van der Waals surface area contributed by atoms with E-state index in [1.165, 1.54) is 0 Å². The lowest BCUT2D eigenvalue weighted by Crippen LogP contribution is -2.10. The van der Waals surface area contributed by atoms with E-state index in [0.717, 1.165) is 10.6 Å². The number of rotatable bonds is 1. The molecule has 0 saturated carbocycles. The Kier molecular flexibility index (Phi) is 1.06. The molecule has 1 N–H and O–H groups in total. The Bertz CT molecular complexity index is 53.5. The Morgan fingerprint density at radius 2 is 2.17 bits per heavy atom. The van der Waals surface area contributed by atoms with Crippen LogP contribution in [0, 0.1) is 0 Å². The van der Waals surface area contributed by atoms with Crippen LogP contribution in [0.5, 0.6) is 0 Å². The van der Waals surface area contributed by atoms with E-state index < -0.39 is 0 Å². The van der Waals surface area contributed by atoms with Crippen molar-refractivity contribution < 1.29 is 0 Å². The highest BCUT2D eigenvalue weighted by Crippen LogP contribution is 2.37. The molecule has 36 valence electrons. The van der Waals surface area contributed by atoms with Crippen LogP contribution in [0.1, 0.15) is 6.92 Å². The first-order chi connectivity index (χ1) is 2.84. The second-order valence-electron chi connectivity index (χ2n) is 1.55. The third-order valence-electron chi connectivity index (χ3n) is 0.996. The van der Waals surface area contributed by atoms with E-state index in [1.54, 1.807) is 0 Å². The van der Waals surface area contributed by atoms with Gasteiger partial charge in [0.05, 0.1) is 5.37 Å². The average molecular weight is 103 g/mol. The van der Waals surface area contributed by atoms with Gasteiger partial charge in [0, 0.05) is 5.25 Å². The maximum atomic E-state index is 3.15. The van der Waals surface area contributed by atoms with Crippen molar-refractivity contribution in [2.75, 3.05) is 7.05 Å². The fraction of sp³-hybridized carbons (Fsp3) is 1.00. The maximum Gasteiger partial charge on any atom is 0.0651 e. The van der Waals surface area contributed by atoms with Crippen molar-refractivity contribution in [1.29, 1.82) is 0 Å². The summed E-state index contributed by atoms with van der Waals surface area (Å²) in [5.74, 6) is 0. The zero-order valence-electron chi connectivity index (χ0n) is 4.06. The number of hydrogen-bond donors (Lipinski definition) is 1. The van der Waals surface area contributed by atoms with Gasteiger partial charge in [-0.25, -0.2) is 0 Å². The third-order valence-corrected chi connectivity index (χ3v) is 2.32. The van der Waals surface area contributed by atoms with Crippen LogP contribution in [0.2, 0.25) is 0 Å².